The van der Waals surface area contributed by atoms with Crippen LogP contribution in [0, 0.1) is 5.82 Å². The highest BCUT2D eigenvalue weighted by Crippen LogP contribution is 2.14. The molecule has 0 saturated carbocycles. The number of carbonyl (C=O) groups excluding carboxylic acids is 2. The Hall–Kier alpha value is -2.89. The van der Waals surface area contributed by atoms with Crippen LogP contribution in [0.1, 0.15) is 26.3 Å². The second-order valence-corrected chi connectivity index (χ2v) is 6.55. The summed E-state index contributed by atoms with van der Waals surface area (Å²) in [5.41, 5.74) is 0.342. The minimum Gasteiger partial charge on any atom is -0.484 e. The molecule has 2 aromatic rings. The third-order valence-corrected chi connectivity index (χ3v) is 4.00. The van der Waals surface area contributed by atoms with Gasteiger partial charge in [0, 0.05) is 18.2 Å². The number of amides is 2. The number of para-hydroxylation sites is 1. The lowest BCUT2D eigenvalue weighted by molar-refractivity contribution is -0.142. The molecule has 1 atom stereocenters. The van der Waals surface area contributed by atoms with Crippen molar-refractivity contribution in [3.63, 3.8) is 0 Å². The van der Waals surface area contributed by atoms with Gasteiger partial charge >= 0.3 is 0 Å². The van der Waals surface area contributed by atoms with Crippen LogP contribution in [0.15, 0.2) is 54.6 Å². The van der Waals surface area contributed by atoms with Gasteiger partial charge in [-0.15, -0.1) is 0 Å². The Morgan fingerprint density at radius 1 is 1.04 bits per heavy atom. The highest BCUT2D eigenvalue weighted by molar-refractivity contribution is 5.88. The summed E-state index contributed by atoms with van der Waals surface area (Å²) >= 11 is 0. The fourth-order valence-corrected chi connectivity index (χ4v) is 2.54. The number of halogens is 1. The van der Waals surface area contributed by atoms with E-state index < -0.39 is 17.8 Å². The van der Waals surface area contributed by atoms with Gasteiger partial charge < -0.3 is 15.0 Å². The molecule has 0 aromatic heterocycles. The van der Waals surface area contributed by atoms with E-state index >= 15 is 0 Å². The van der Waals surface area contributed by atoms with Gasteiger partial charge in [-0.25, -0.2) is 4.39 Å². The quantitative estimate of drug-likeness (QED) is 0.774. The van der Waals surface area contributed by atoms with Crippen molar-refractivity contribution in [3.8, 4) is 5.75 Å². The molecule has 0 aliphatic carbocycles. The van der Waals surface area contributed by atoms with Crippen LogP contribution >= 0.6 is 0 Å². The molecule has 144 valence electrons. The number of ether oxygens (including phenoxy) is 1. The van der Waals surface area contributed by atoms with Gasteiger partial charge in [-0.3, -0.25) is 9.59 Å². The number of benzene rings is 2. The van der Waals surface area contributed by atoms with Crippen molar-refractivity contribution in [2.45, 2.75) is 39.4 Å². The average molecular weight is 372 g/mol. The van der Waals surface area contributed by atoms with Gasteiger partial charge in [-0.2, -0.15) is 0 Å². The van der Waals surface area contributed by atoms with Crippen LogP contribution in [0.2, 0.25) is 0 Å². The average Bonchev–Trinajstić information content (AvgIpc) is 2.65. The number of hydrogen-bond acceptors (Lipinski definition) is 3. The summed E-state index contributed by atoms with van der Waals surface area (Å²) in [4.78, 5) is 26.5. The number of hydrogen-bond donors (Lipinski definition) is 1. The maximum absolute atomic E-state index is 14.1. The van der Waals surface area contributed by atoms with Crippen LogP contribution < -0.4 is 10.1 Å². The third kappa shape index (κ3) is 6.09. The maximum Gasteiger partial charge on any atom is 0.261 e. The van der Waals surface area contributed by atoms with Crippen LogP contribution in [0.3, 0.4) is 0 Å². The summed E-state index contributed by atoms with van der Waals surface area (Å²) in [7, 11) is 0. The number of rotatable bonds is 8. The minimum absolute atomic E-state index is 0.0175. The van der Waals surface area contributed by atoms with E-state index in [2.05, 4.69) is 5.32 Å². The van der Waals surface area contributed by atoms with Crippen LogP contribution in [0.5, 0.6) is 5.75 Å². The predicted octanol–water partition coefficient (Wildman–Crippen LogP) is 3.15. The summed E-state index contributed by atoms with van der Waals surface area (Å²) in [6.07, 6.45) is 0. The molecule has 0 aliphatic rings. The first-order chi connectivity index (χ1) is 12.9. The fraction of sp³-hybridized carbons (Fsp3) is 0.333. The van der Waals surface area contributed by atoms with Crippen molar-refractivity contribution in [1.29, 1.82) is 0 Å². The Morgan fingerprint density at radius 3 is 2.30 bits per heavy atom. The standard InChI is InChI=1S/C21H25FN2O3/c1-15(2)23-21(26)16(3)24(13-17-9-7-8-12-19(17)22)20(25)14-27-18-10-5-4-6-11-18/h4-12,15-16H,13-14H2,1-3H3,(H,23,26)/t16-/m0/s1. The normalized spacial score (nSPS) is 11.7. The molecule has 27 heavy (non-hydrogen) atoms. The molecule has 0 fully saturated rings. The Morgan fingerprint density at radius 2 is 1.67 bits per heavy atom. The van der Waals surface area contributed by atoms with Gasteiger partial charge in [0.25, 0.3) is 5.91 Å². The van der Waals surface area contributed by atoms with Gasteiger partial charge in [-0.1, -0.05) is 36.4 Å². The Labute approximate surface area is 159 Å². The van der Waals surface area contributed by atoms with Gasteiger partial charge in [0.2, 0.25) is 5.91 Å². The molecule has 2 rings (SSSR count). The van der Waals surface area contributed by atoms with Crippen LogP contribution in [0.25, 0.3) is 0 Å². The first-order valence-corrected chi connectivity index (χ1v) is 8.89. The number of nitrogens with zero attached hydrogens (tertiary/aromatic N) is 1. The van der Waals surface area contributed by atoms with Crippen molar-refractivity contribution in [2.75, 3.05) is 6.61 Å². The van der Waals surface area contributed by atoms with E-state index in [1.54, 1.807) is 49.4 Å². The van der Waals surface area contributed by atoms with Crippen LogP contribution in [-0.2, 0) is 16.1 Å². The summed E-state index contributed by atoms with van der Waals surface area (Å²) in [6, 6.07) is 14.3. The second-order valence-electron chi connectivity index (χ2n) is 6.55. The second kappa shape index (κ2) is 9.71. The monoisotopic (exact) mass is 372 g/mol. The van der Waals surface area contributed by atoms with Crippen LogP contribution in [-0.4, -0.2) is 35.4 Å². The molecule has 0 saturated heterocycles. The smallest absolute Gasteiger partial charge is 0.261 e. The summed E-state index contributed by atoms with van der Waals surface area (Å²) in [5.74, 6) is -0.561. The Kier molecular flexibility index (Phi) is 7.34. The zero-order valence-electron chi connectivity index (χ0n) is 15.8. The zero-order valence-corrected chi connectivity index (χ0v) is 15.8. The van der Waals surface area contributed by atoms with Gasteiger partial charge in [0.15, 0.2) is 6.61 Å². The topological polar surface area (TPSA) is 58.6 Å². The molecule has 5 nitrogen and oxygen atoms in total. The molecule has 2 amide bonds. The first kappa shape index (κ1) is 20.4. The van der Waals surface area contributed by atoms with E-state index in [1.807, 2.05) is 19.9 Å². The summed E-state index contributed by atoms with van der Waals surface area (Å²) in [6.45, 7) is 5.05. The van der Waals surface area contributed by atoms with Gasteiger partial charge in [0.05, 0.1) is 0 Å². The number of nitrogens with one attached hydrogen (secondary N) is 1. The lowest BCUT2D eigenvalue weighted by Crippen LogP contribution is -2.50. The Balaban J connectivity index is 2.15. The lowest BCUT2D eigenvalue weighted by atomic mass is 10.1. The summed E-state index contributed by atoms with van der Waals surface area (Å²) in [5, 5.41) is 2.78. The lowest BCUT2D eigenvalue weighted by Gasteiger charge is -2.29. The SMILES string of the molecule is CC(C)NC(=O)[C@H](C)N(Cc1ccccc1F)C(=O)COc1ccccc1. The molecular weight excluding hydrogens is 347 g/mol. The predicted molar refractivity (Wildman–Crippen MR) is 102 cm³/mol. The molecule has 6 heteroatoms. The van der Waals surface area contributed by atoms with E-state index in [9.17, 15) is 14.0 Å². The largest absolute Gasteiger partial charge is 0.484 e. The molecular formula is C21H25FN2O3. The van der Waals surface area contributed by atoms with Gasteiger partial charge in [-0.05, 0) is 39.0 Å². The van der Waals surface area contributed by atoms with Crippen molar-refractivity contribution in [3.05, 3.63) is 66.0 Å². The molecule has 2 aromatic carbocycles. The molecule has 0 spiro atoms. The van der Waals surface area contributed by atoms with E-state index in [0.29, 0.717) is 11.3 Å². The van der Waals surface area contributed by atoms with E-state index in [-0.39, 0.29) is 25.1 Å². The minimum atomic E-state index is -0.765. The fourth-order valence-electron chi connectivity index (χ4n) is 2.54. The van der Waals surface area contributed by atoms with E-state index in [4.69, 9.17) is 4.74 Å². The molecule has 0 bridgehead atoms. The molecule has 0 radical (unpaired) electrons. The van der Waals surface area contributed by atoms with Crippen molar-refractivity contribution >= 4 is 11.8 Å². The van der Waals surface area contributed by atoms with Crippen molar-refractivity contribution in [1.82, 2.24) is 10.2 Å². The first-order valence-electron chi connectivity index (χ1n) is 8.89. The maximum atomic E-state index is 14.1. The molecule has 0 heterocycles. The molecule has 0 aliphatic heterocycles. The molecule has 0 unspecified atom stereocenters. The van der Waals surface area contributed by atoms with Crippen LogP contribution in [0.4, 0.5) is 4.39 Å². The van der Waals surface area contributed by atoms with E-state index in [0.717, 1.165) is 0 Å². The van der Waals surface area contributed by atoms with E-state index in [1.165, 1.54) is 11.0 Å². The van der Waals surface area contributed by atoms with Crippen molar-refractivity contribution in [2.24, 2.45) is 0 Å². The third-order valence-electron chi connectivity index (χ3n) is 4.00. The number of carbonyl (C=O) groups is 2. The zero-order chi connectivity index (χ0) is 19.8. The summed E-state index contributed by atoms with van der Waals surface area (Å²) < 4.78 is 19.6. The van der Waals surface area contributed by atoms with Crippen molar-refractivity contribution < 1.29 is 18.7 Å². The highest BCUT2D eigenvalue weighted by Gasteiger charge is 2.27. The van der Waals surface area contributed by atoms with Gasteiger partial charge in [0.1, 0.15) is 17.6 Å². The Bertz CT molecular complexity index is 765. The highest BCUT2D eigenvalue weighted by atomic mass is 19.1. The molecule has 1 N–H and O–H groups in total.